The van der Waals surface area contributed by atoms with E-state index in [4.69, 9.17) is 28.4 Å². The first kappa shape index (κ1) is 17.8. The van der Waals surface area contributed by atoms with Crippen molar-refractivity contribution < 1.29 is 33.5 Å². The third kappa shape index (κ3) is 11.5. The van der Waals surface area contributed by atoms with E-state index in [9.17, 15) is 5.11 Å². The van der Waals surface area contributed by atoms with Crippen molar-refractivity contribution in [2.45, 2.75) is 6.10 Å². The van der Waals surface area contributed by atoms with E-state index in [-0.39, 0.29) is 13.2 Å². The molecule has 0 unspecified atom stereocenters. The first-order valence-electron chi connectivity index (χ1n) is 7.04. The maximum absolute atomic E-state index is 9.57. The van der Waals surface area contributed by atoms with E-state index in [0.29, 0.717) is 66.1 Å². The van der Waals surface area contributed by atoms with Crippen molar-refractivity contribution in [3.05, 3.63) is 0 Å². The molecule has 0 aromatic carbocycles. The summed E-state index contributed by atoms with van der Waals surface area (Å²) in [5, 5.41) is 9.57. The summed E-state index contributed by atoms with van der Waals surface area (Å²) in [6.07, 6.45) is -0.622. The molecule has 0 aromatic heterocycles. The highest BCUT2D eigenvalue weighted by Gasteiger charge is 2.04. The molecule has 1 aliphatic rings. The molecule has 7 nitrogen and oxygen atoms in total. The fraction of sp³-hybridized carbons (Fsp3) is 1.00. The Kier molecular flexibility index (Phi) is 12.2. The average Bonchev–Trinajstić information content (AvgIpc) is 2.45. The molecule has 7 heteroatoms. The van der Waals surface area contributed by atoms with Crippen LogP contribution in [0.2, 0.25) is 0 Å². The zero-order valence-electron chi connectivity index (χ0n) is 12.0. The second kappa shape index (κ2) is 13.7. The minimum atomic E-state index is -0.622. The third-order valence-electron chi connectivity index (χ3n) is 2.48. The number of aliphatic hydroxyl groups is 1. The molecular formula is C13H26O7. The maximum atomic E-state index is 9.57. The molecule has 0 aromatic rings. The Morgan fingerprint density at radius 3 is 1.00 bits per heavy atom. The van der Waals surface area contributed by atoms with Crippen molar-refractivity contribution in [3.63, 3.8) is 0 Å². The summed E-state index contributed by atoms with van der Waals surface area (Å²) in [4.78, 5) is 0. The van der Waals surface area contributed by atoms with E-state index in [1.54, 1.807) is 0 Å². The lowest BCUT2D eigenvalue weighted by atomic mass is 10.4. The van der Waals surface area contributed by atoms with Gasteiger partial charge >= 0.3 is 0 Å². The predicted molar refractivity (Wildman–Crippen MR) is 70.9 cm³/mol. The second-order valence-electron chi connectivity index (χ2n) is 4.25. The van der Waals surface area contributed by atoms with Gasteiger partial charge in [-0.2, -0.15) is 0 Å². The molecule has 1 N–H and O–H groups in total. The third-order valence-corrected chi connectivity index (χ3v) is 2.48. The smallest absolute Gasteiger partial charge is 0.101 e. The molecule has 1 fully saturated rings. The minimum absolute atomic E-state index is 0.245. The molecule has 1 heterocycles. The van der Waals surface area contributed by atoms with Gasteiger partial charge in [0, 0.05) is 0 Å². The summed E-state index contributed by atoms with van der Waals surface area (Å²) >= 11 is 0. The highest BCUT2D eigenvalue weighted by molar-refractivity contribution is 4.51. The normalized spacial score (nSPS) is 24.4. The molecule has 1 rings (SSSR count). The predicted octanol–water partition coefficient (Wildman–Crippen LogP) is -0.539. The van der Waals surface area contributed by atoms with Crippen LogP contribution in [0.3, 0.4) is 0 Å². The molecule has 0 aliphatic carbocycles. The van der Waals surface area contributed by atoms with Gasteiger partial charge in [0.05, 0.1) is 79.3 Å². The highest BCUT2D eigenvalue weighted by Crippen LogP contribution is 1.90. The zero-order valence-corrected chi connectivity index (χ0v) is 12.0. The van der Waals surface area contributed by atoms with Crippen molar-refractivity contribution in [2.24, 2.45) is 0 Å². The van der Waals surface area contributed by atoms with Gasteiger partial charge in [-0.15, -0.1) is 0 Å². The summed E-state index contributed by atoms with van der Waals surface area (Å²) in [6.45, 7) is 5.59. The molecule has 0 atom stereocenters. The van der Waals surface area contributed by atoms with Crippen LogP contribution in [-0.4, -0.2) is 90.5 Å². The van der Waals surface area contributed by atoms with Gasteiger partial charge in [-0.3, -0.25) is 0 Å². The Morgan fingerprint density at radius 1 is 0.450 bits per heavy atom. The van der Waals surface area contributed by atoms with Gasteiger partial charge in [0.25, 0.3) is 0 Å². The first-order valence-corrected chi connectivity index (χ1v) is 7.04. The first-order chi connectivity index (χ1) is 9.89. The van der Waals surface area contributed by atoms with Crippen molar-refractivity contribution in [2.75, 3.05) is 79.3 Å². The van der Waals surface area contributed by atoms with E-state index in [2.05, 4.69) is 0 Å². The summed E-state index contributed by atoms with van der Waals surface area (Å²) in [7, 11) is 0. The lowest BCUT2D eigenvalue weighted by Gasteiger charge is -2.12. The quantitative estimate of drug-likeness (QED) is 0.643. The van der Waals surface area contributed by atoms with E-state index < -0.39 is 6.10 Å². The molecule has 0 spiro atoms. The molecule has 0 radical (unpaired) electrons. The molecule has 1 saturated heterocycles. The SMILES string of the molecule is OC1COCCOCCOCCOCCOCCOC1. The van der Waals surface area contributed by atoms with Crippen LogP contribution in [0.25, 0.3) is 0 Å². The van der Waals surface area contributed by atoms with Crippen LogP contribution >= 0.6 is 0 Å². The van der Waals surface area contributed by atoms with Gasteiger partial charge < -0.3 is 33.5 Å². The Labute approximate surface area is 120 Å². The number of ether oxygens (including phenoxy) is 6. The number of aliphatic hydroxyl groups excluding tert-OH is 1. The molecule has 1 aliphatic heterocycles. The van der Waals surface area contributed by atoms with Crippen LogP contribution in [0.4, 0.5) is 0 Å². The summed E-state index contributed by atoms with van der Waals surface area (Å²) < 4.78 is 31.8. The van der Waals surface area contributed by atoms with Gasteiger partial charge in [-0.05, 0) is 0 Å². The molecule has 0 bridgehead atoms. The van der Waals surface area contributed by atoms with Gasteiger partial charge in [-0.25, -0.2) is 0 Å². The molecule has 0 saturated carbocycles. The maximum Gasteiger partial charge on any atom is 0.101 e. The van der Waals surface area contributed by atoms with Crippen molar-refractivity contribution in [1.82, 2.24) is 0 Å². The van der Waals surface area contributed by atoms with Crippen molar-refractivity contribution >= 4 is 0 Å². The Hall–Kier alpha value is -0.280. The Bertz CT molecular complexity index is 183. The van der Waals surface area contributed by atoms with Gasteiger partial charge in [0.2, 0.25) is 0 Å². The molecule has 20 heavy (non-hydrogen) atoms. The number of rotatable bonds is 0. The van der Waals surface area contributed by atoms with Gasteiger partial charge in [0.15, 0.2) is 0 Å². The molecule has 120 valence electrons. The monoisotopic (exact) mass is 294 g/mol. The van der Waals surface area contributed by atoms with Gasteiger partial charge in [0.1, 0.15) is 6.10 Å². The van der Waals surface area contributed by atoms with Crippen molar-refractivity contribution in [3.8, 4) is 0 Å². The van der Waals surface area contributed by atoms with Crippen molar-refractivity contribution in [1.29, 1.82) is 0 Å². The standard InChI is InChI=1S/C13H26O7/c14-13-11-19-9-7-17-5-3-15-1-2-16-4-6-18-8-10-20-12-13/h13-14H,1-12H2. The second-order valence-corrected chi connectivity index (χ2v) is 4.25. The lowest BCUT2D eigenvalue weighted by molar-refractivity contribution is -0.0439. The Morgan fingerprint density at radius 2 is 0.700 bits per heavy atom. The summed E-state index contributed by atoms with van der Waals surface area (Å²) in [6, 6.07) is 0. The van der Waals surface area contributed by atoms with Crippen LogP contribution in [0.5, 0.6) is 0 Å². The lowest BCUT2D eigenvalue weighted by Crippen LogP contribution is -2.24. The van der Waals surface area contributed by atoms with E-state index in [0.717, 1.165) is 0 Å². The highest BCUT2D eigenvalue weighted by atomic mass is 16.6. The molecule has 0 amide bonds. The fourth-order valence-corrected chi connectivity index (χ4v) is 1.48. The van der Waals surface area contributed by atoms with E-state index >= 15 is 0 Å². The fourth-order valence-electron chi connectivity index (χ4n) is 1.48. The van der Waals surface area contributed by atoms with Gasteiger partial charge in [-0.1, -0.05) is 0 Å². The minimum Gasteiger partial charge on any atom is -0.388 e. The van der Waals surface area contributed by atoms with E-state index in [1.165, 1.54) is 0 Å². The topological polar surface area (TPSA) is 75.6 Å². The summed E-state index contributed by atoms with van der Waals surface area (Å²) in [5.41, 5.74) is 0. The Balaban J connectivity index is 2.09. The van der Waals surface area contributed by atoms with Crippen LogP contribution in [0.1, 0.15) is 0 Å². The average molecular weight is 294 g/mol. The van der Waals surface area contributed by atoms with Crippen LogP contribution in [-0.2, 0) is 28.4 Å². The van der Waals surface area contributed by atoms with Crippen LogP contribution in [0, 0.1) is 0 Å². The van der Waals surface area contributed by atoms with Crippen LogP contribution < -0.4 is 0 Å². The number of hydrogen-bond acceptors (Lipinski definition) is 7. The van der Waals surface area contributed by atoms with Crippen LogP contribution in [0.15, 0.2) is 0 Å². The summed E-state index contributed by atoms with van der Waals surface area (Å²) in [5.74, 6) is 0. The number of hydrogen-bond donors (Lipinski definition) is 1. The zero-order chi connectivity index (χ0) is 14.3. The molecular weight excluding hydrogens is 268 g/mol. The van der Waals surface area contributed by atoms with E-state index in [1.807, 2.05) is 0 Å². The largest absolute Gasteiger partial charge is 0.388 e.